The molecule has 1 aromatic carbocycles. The van der Waals surface area contributed by atoms with Crippen molar-refractivity contribution in [3.63, 3.8) is 0 Å². The highest BCUT2D eigenvalue weighted by Gasteiger charge is 2.34. The van der Waals surface area contributed by atoms with Gasteiger partial charge < -0.3 is 5.73 Å². The molecule has 88 valence electrons. The molecule has 1 aromatic rings. The van der Waals surface area contributed by atoms with Crippen LogP contribution in [0.1, 0.15) is 56.8 Å². The van der Waals surface area contributed by atoms with E-state index >= 15 is 0 Å². The van der Waals surface area contributed by atoms with Crippen molar-refractivity contribution < 1.29 is 0 Å². The molecule has 1 aliphatic carbocycles. The van der Waals surface area contributed by atoms with Crippen LogP contribution in [0.2, 0.25) is 0 Å². The topological polar surface area (TPSA) is 26.0 Å². The Bertz CT molecular complexity index is 390. The lowest BCUT2D eigenvalue weighted by Gasteiger charge is -2.19. The highest BCUT2D eigenvalue weighted by molar-refractivity contribution is 5.43. The van der Waals surface area contributed by atoms with Gasteiger partial charge in [0.1, 0.15) is 0 Å². The fourth-order valence-corrected chi connectivity index (χ4v) is 2.90. The molecular formula is C15H23N. The third kappa shape index (κ3) is 2.01. The minimum atomic E-state index is 0.233. The van der Waals surface area contributed by atoms with Gasteiger partial charge in [-0.15, -0.1) is 0 Å². The van der Waals surface area contributed by atoms with E-state index in [0.29, 0.717) is 5.92 Å². The molecule has 16 heavy (non-hydrogen) atoms. The normalized spacial score (nSPS) is 22.5. The summed E-state index contributed by atoms with van der Waals surface area (Å²) in [6, 6.07) is 7.13. The third-order valence-corrected chi connectivity index (χ3v) is 3.62. The van der Waals surface area contributed by atoms with Crippen LogP contribution < -0.4 is 5.73 Å². The second-order valence-electron chi connectivity index (χ2n) is 6.21. The molecule has 1 atom stereocenters. The Morgan fingerprint density at radius 3 is 2.69 bits per heavy atom. The number of benzene rings is 1. The van der Waals surface area contributed by atoms with Crippen molar-refractivity contribution in [2.24, 2.45) is 11.7 Å². The molecule has 0 aliphatic heterocycles. The standard InChI is InChI=1S/C15H23N/c1-10(2)7-11-5-6-13-12(8-11)14(16)9-15(13,3)4/h5-6,8,10,14H,7,9,16H2,1-4H3/t14-/m0/s1. The van der Waals surface area contributed by atoms with Gasteiger partial charge >= 0.3 is 0 Å². The molecular weight excluding hydrogens is 194 g/mol. The fourth-order valence-electron chi connectivity index (χ4n) is 2.90. The molecule has 0 saturated heterocycles. The molecule has 1 nitrogen and oxygen atoms in total. The summed E-state index contributed by atoms with van der Waals surface area (Å²) < 4.78 is 0. The summed E-state index contributed by atoms with van der Waals surface area (Å²) in [7, 11) is 0. The van der Waals surface area contributed by atoms with Crippen molar-refractivity contribution in [3.8, 4) is 0 Å². The average molecular weight is 217 g/mol. The molecule has 1 aliphatic rings. The van der Waals surface area contributed by atoms with Crippen molar-refractivity contribution in [3.05, 3.63) is 34.9 Å². The SMILES string of the molecule is CC(C)Cc1ccc2c(c1)[C@@H](N)CC2(C)C. The lowest BCUT2D eigenvalue weighted by Crippen LogP contribution is -2.14. The maximum absolute atomic E-state index is 6.22. The van der Waals surface area contributed by atoms with Crippen LogP contribution in [0.3, 0.4) is 0 Å². The van der Waals surface area contributed by atoms with Gasteiger partial charge in [-0.3, -0.25) is 0 Å². The van der Waals surface area contributed by atoms with E-state index in [2.05, 4.69) is 45.9 Å². The molecule has 0 bridgehead atoms. The summed E-state index contributed by atoms with van der Waals surface area (Å²) in [5.41, 5.74) is 10.7. The van der Waals surface area contributed by atoms with Gasteiger partial charge in [0, 0.05) is 6.04 Å². The van der Waals surface area contributed by atoms with E-state index < -0.39 is 0 Å². The van der Waals surface area contributed by atoms with Crippen LogP contribution >= 0.6 is 0 Å². The zero-order chi connectivity index (χ0) is 11.9. The maximum atomic E-state index is 6.22. The van der Waals surface area contributed by atoms with Gasteiger partial charge in [-0.2, -0.15) is 0 Å². The van der Waals surface area contributed by atoms with E-state index in [4.69, 9.17) is 5.73 Å². The number of hydrogen-bond acceptors (Lipinski definition) is 1. The first-order valence-corrected chi connectivity index (χ1v) is 6.29. The number of nitrogens with two attached hydrogens (primary N) is 1. The van der Waals surface area contributed by atoms with Crippen molar-refractivity contribution in [2.45, 2.75) is 52.0 Å². The molecule has 0 radical (unpaired) electrons. The summed E-state index contributed by atoms with van der Waals surface area (Å²) in [6.45, 7) is 9.11. The molecule has 0 heterocycles. The van der Waals surface area contributed by atoms with E-state index in [0.717, 1.165) is 12.8 Å². The van der Waals surface area contributed by atoms with E-state index in [-0.39, 0.29) is 11.5 Å². The monoisotopic (exact) mass is 217 g/mol. The summed E-state index contributed by atoms with van der Waals surface area (Å²) in [5, 5.41) is 0. The fraction of sp³-hybridized carbons (Fsp3) is 0.600. The van der Waals surface area contributed by atoms with Gasteiger partial charge in [-0.1, -0.05) is 45.9 Å². The lowest BCUT2D eigenvalue weighted by molar-refractivity contribution is 0.481. The zero-order valence-corrected chi connectivity index (χ0v) is 10.9. The third-order valence-electron chi connectivity index (χ3n) is 3.62. The molecule has 0 unspecified atom stereocenters. The van der Waals surface area contributed by atoms with Crippen LogP contribution in [0.15, 0.2) is 18.2 Å². The van der Waals surface area contributed by atoms with Gasteiger partial charge in [-0.05, 0) is 40.9 Å². The predicted molar refractivity (Wildman–Crippen MR) is 69.6 cm³/mol. The quantitative estimate of drug-likeness (QED) is 0.805. The van der Waals surface area contributed by atoms with E-state index in [1.54, 1.807) is 0 Å². The van der Waals surface area contributed by atoms with Crippen LogP contribution in [-0.2, 0) is 11.8 Å². The second kappa shape index (κ2) is 3.89. The van der Waals surface area contributed by atoms with E-state index in [1.165, 1.54) is 16.7 Å². The number of hydrogen-bond donors (Lipinski definition) is 1. The van der Waals surface area contributed by atoms with Crippen LogP contribution in [0, 0.1) is 5.92 Å². The van der Waals surface area contributed by atoms with E-state index in [9.17, 15) is 0 Å². The molecule has 0 fully saturated rings. The van der Waals surface area contributed by atoms with Crippen molar-refractivity contribution in [2.75, 3.05) is 0 Å². The predicted octanol–water partition coefficient (Wildman–Crippen LogP) is 3.57. The molecule has 0 amide bonds. The van der Waals surface area contributed by atoms with Gasteiger partial charge in [0.15, 0.2) is 0 Å². The first-order chi connectivity index (χ1) is 7.40. The average Bonchev–Trinajstić information content (AvgIpc) is 2.36. The van der Waals surface area contributed by atoms with Crippen LogP contribution in [0.5, 0.6) is 0 Å². The summed E-state index contributed by atoms with van der Waals surface area (Å²) >= 11 is 0. The van der Waals surface area contributed by atoms with Crippen LogP contribution in [0.25, 0.3) is 0 Å². The molecule has 1 heteroatoms. The van der Waals surface area contributed by atoms with Gasteiger partial charge in [0.25, 0.3) is 0 Å². The number of rotatable bonds is 2. The maximum Gasteiger partial charge on any atom is 0.0306 e. The summed E-state index contributed by atoms with van der Waals surface area (Å²) in [6.07, 6.45) is 2.23. The Balaban J connectivity index is 2.37. The Labute approximate surface area is 99.0 Å². The highest BCUT2D eigenvalue weighted by atomic mass is 14.7. The molecule has 0 aromatic heterocycles. The first-order valence-electron chi connectivity index (χ1n) is 6.29. The van der Waals surface area contributed by atoms with Crippen molar-refractivity contribution in [1.82, 2.24) is 0 Å². The first kappa shape index (κ1) is 11.7. The summed E-state index contributed by atoms with van der Waals surface area (Å²) in [4.78, 5) is 0. The second-order valence-corrected chi connectivity index (χ2v) is 6.21. The smallest absolute Gasteiger partial charge is 0.0306 e. The molecule has 0 spiro atoms. The van der Waals surface area contributed by atoms with Gasteiger partial charge in [-0.25, -0.2) is 0 Å². The minimum Gasteiger partial charge on any atom is -0.324 e. The largest absolute Gasteiger partial charge is 0.324 e. The Morgan fingerprint density at radius 1 is 1.38 bits per heavy atom. The van der Waals surface area contributed by atoms with Crippen molar-refractivity contribution >= 4 is 0 Å². The van der Waals surface area contributed by atoms with Crippen LogP contribution in [-0.4, -0.2) is 0 Å². The zero-order valence-electron chi connectivity index (χ0n) is 10.9. The number of fused-ring (bicyclic) bond motifs is 1. The Kier molecular flexibility index (Phi) is 2.83. The lowest BCUT2D eigenvalue weighted by atomic mass is 9.86. The van der Waals surface area contributed by atoms with Crippen molar-refractivity contribution in [1.29, 1.82) is 0 Å². The highest BCUT2D eigenvalue weighted by Crippen LogP contribution is 2.43. The van der Waals surface area contributed by atoms with Gasteiger partial charge in [0.2, 0.25) is 0 Å². The molecule has 2 rings (SSSR count). The van der Waals surface area contributed by atoms with Crippen LogP contribution in [0.4, 0.5) is 0 Å². The Morgan fingerprint density at radius 2 is 2.06 bits per heavy atom. The Hall–Kier alpha value is -0.820. The summed E-state index contributed by atoms with van der Waals surface area (Å²) in [5.74, 6) is 0.712. The minimum absolute atomic E-state index is 0.233. The van der Waals surface area contributed by atoms with E-state index in [1.807, 2.05) is 0 Å². The molecule has 2 N–H and O–H groups in total. The molecule has 0 saturated carbocycles. The van der Waals surface area contributed by atoms with Gasteiger partial charge in [0.05, 0.1) is 0 Å².